The van der Waals surface area contributed by atoms with E-state index in [2.05, 4.69) is 5.32 Å². The summed E-state index contributed by atoms with van der Waals surface area (Å²) in [6, 6.07) is 0. The topological polar surface area (TPSA) is 21.3 Å². The lowest BCUT2D eigenvalue weighted by Gasteiger charge is -2.41. The molecule has 0 saturated carbocycles. The fraction of sp³-hybridized carbons (Fsp3) is 0.333. The molecule has 2 rings (SSSR count). The molecule has 2 nitrogen and oxygen atoms in total. The zero-order valence-corrected chi connectivity index (χ0v) is 10.6. The van der Waals surface area contributed by atoms with Gasteiger partial charge in [0.2, 0.25) is 0 Å². The molecule has 8 heteroatoms. The van der Waals surface area contributed by atoms with Crippen LogP contribution in [-0.4, -0.2) is 50.0 Å². The van der Waals surface area contributed by atoms with Crippen molar-refractivity contribution >= 4 is 47.8 Å². The summed E-state index contributed by atoms with van der Waals surface area (Å²) in [5.74, 6) is -0.687. The number of benzene rings is 1. The number of hydrogen-bond donors (Lipinski definition) is 1. The lowest BCUT2D eigenvalue weighted by atomic mass is 9.74. The summed E-state index contributed by atoms with van der Waals surface area (Å²) in [4.78, 5) is 0. The van der Waals surface area contributed by atoms with E-state index in [0.29, 0.717) is 29.8 Å². The first-order valence-electron chi connectivity index (χ1n) is 5.70. The average Bonchev–Trinajstić information content (AvgIpc) is 2.27. The van der Waals surface area contributed by atoms with E-state index in [-0.39, 0.29) is 11.0 Å². The number of hydrogen-bond acceptors (Lipinski definition) is 2. The molecule has 0 amide bonds. The second kappa shape index (κ2) is 4.09. The van der Waals surface area contributed by atoms with E-state index in [1.165, 1.54) is 7.85 Å². The molecular weight excluding hydrogens is 219 g/mol. The maximum Gasteiger partial charge on any atom is 0.162 e. The van der Waals surface area contributed by atoms with Gasteiger partial charge >= 0.3 is 0 Å². The quantitative estimate of drug-likeness (QED) is 0.516. The predicted octanol–water partition coefficient (Wildman–Crippen LogP) is -4.95. The summed E-state index contributed by atoms with van der Waals surface area (Å²) < 4.78 is 33.4. The number of nitrogens with one attached hydrogen (secondary N) is 1. The first-order chi connectivity index (χ1) is 7.86. The van der Waals surface area contributed by atoms with Crippen LogP contribution in [0.4, 0.5) is 8.78 Å². The molecule has 0 radical (unpaired) electrons. The van der Waals surface area contributed by atoms with Crippen molar-refractivity contribution < 1.29 is 13.5 Å². The summed E-state index contributed by atoms with van der Waals surface area (Å²) in [7, 11) is 6.62. The highest BCUT2D eigenvalue weighted by molar-refractivity contribution is 6.46. The van der Waals surface area contributed by atoms with E-state index >= 15 is 0 Å². The summed E-state index contributed by atoms with van der Waals surface area (Å²) in [5, 5.41) is 3.09. The van der Waals surface area contributed by atoms with Gasteiger partial charge in [0.15, 0.2) is 7.85 Å². The number of rotatable bonds is 2. The molecule has 1 fully saturated rings. The predicted molar refractivity (Wildman–Crippen MR) is 75.7 cm³/mol. The molecule has 0 bridgehead atoms. The van der Waals surface area contributed by atoms with Gasteiger partial charge in [-0.05, 0) is 16.4 Å². The normalized spacial score (nSPS) is 17.5. The van der Waals surface area contributed by atoms with Crippen molar-refractivity contribution in [1.29, 1.82) is 0 Å². The van der Waals surface area contributed by atoms with Crippen LogP contribution in [0.25, 0.3) is 0 Å². The first kappa shape index (κ1) is 12.6. The average molecular weight is 232 g/mol. The molecule has 1 aromatic carbocycles. The monoisotopic (exact) mass is 233 g/mol. The van der Waals surface area contributed by atoms with Crippen LogP contribution in [0.5, 0.6) is 5.75 Å². The lowest BCUT2D eigenvalue weighted by molar-refractivity contribution is 0.0998. The molecule has 1 heterocycles. The van der Waals surface area contributed by atoms with Crippen molar-refractivity contribution in [2.75, 3.05) is 13.1 Å². The van der Waals surface area contributed by atoms with Crippen molar-refractivity contribution in [3.05, 3.63) is 11.6 Å². The highest BCUT2D eigenvalue weighted by Crippen LogP contribution is 2.16. The molecule has 1 N–H and O–H groups in total. The Morgan fingerprint density at radius 2 is 1.47 bits per heavy atom. The van der Waals surface area contributed by atoms with E-state index in [1.807, 2.05) is 7.85 Å². The van der Waals surface area contributed by atoms with E-state index in [9.17, 15) is 8.78 Å². The van der Waals surface area contributed by atoms with Gasteiger partial charge in [0, 0.05) is 13.1 Å². The second-order valence-corrected chi connectivity index (χ2v) is 4.99. The van der Waals surface area contributed by atoms with Crippen LogP contribution in [0.2, 0.25) is 0 Å². The van der Waals surface area contributed by atoms with Gasteiger partial charge < -0.3 is 10.1 Å². The van der Waals surface area contributed by atoms with Crippen LogP contribution in [0, 0.1) is 11.6 Å². The third-order valence-corrected chi connectivity index (χ3v) is 3.34. The van der Waals surface area contributed by atoms with Crippen molar-refractivity contribution in [2.45, 2.75) is 5.50 Å². The molecule has 0 atom stereocenters. The van der Waals surface area contributed by atoms with Crippen molar-refractivity contribution in [1.82, 2.24) is 5.32 Å². The molecule has 0 spiro atoms. The molecule has 0 aliphatic carbocycles. The van der Waals surface area contributed by atoms with E-state index < -0.39 is 11.6 Å². The second-order valence-electron chi connectivity index (χ2n) is 4.99. The van der Waals surface area contributed by atoms with E-state index in [1.54, 1.807) is 15.7 Å². The van der Waals surface area contributed by atoms with Gasteiger partial charge in [-0.2, -0.15) is 0 Å². The third-order valence-electron chi connectivity index (χ3n) is 3.34. The van der Waals surface area contributed by atoms with Crippen LogP contribution < -0.4 is 26.4 Å². The van der Waals surface area contributed by atoms with Crippen LogP contribution >= 0.6 is 0 Å². The number of halogens is 2. The molecule has 1 aliphatic heterocycles. The Kier molecular flexibility index (Phi) is 3.02. The summed E-state index contributed by atoms with van der Waals surface area (Å²) >= 11 is 0. The molecule has 1 aliphatic rings. The minimum absolute atomic E-state index is 0.0595. The molecule has 0 aromatic heterocycles. The van der Waals surface area contributed by atoms with Crippen LogP contribution in [-0.2, 0) is 0 Å². The van der Waals surface area contributed by atoms with Gasteiger partial charge in [-0.25, -0.2) is 8.78 Å². The smallest absolute Gasteiger partial charge is 0.162 e. The minimum atomic E-state index is -0.515. The van der Waals surface area contributed by atoms with E-state index in [4.69, 9.17) is 4.74 Å². The Morgan fingerprint density at radius 1 is 1.00 bits per heavy atom. The van der Waals surface area contributed by atoms with Gasteiger partial charge in [0.05, 0.1) is 5.50 Å². The zero-order chi connectivity index (χ0) is 12.8. The Morgan fingerprint density at radius 3 is 1.82 bits per heavy atom. The Labute approximate surface area is 103 Å². The molecule has 1 aromatic rings. The van der Waals surface area contributed by atoms with Crippen LogP contribution in [0.3, 0.4) is 0 Å². The fourth-order valence-electron chi connectivity index (χ4n) is 2.09. The first-order valence-corrected chi connectivity index (χ1v) is 5.70. The summed E-state index contributed by atoms with van der Waals surface area (Å²) in [6.07, 6.45) is 0. The van der Waals surface area contributed by atoms with Crippen molar-refractivity contribution in [2.24, 2.45) is 0 Å². The minimum Gasteiger partial charge on any atom is -0.495 e. The van der Waals surface area contributed by atoms with Crippen molar-refractivity contribution in [3.63, 3.8) is 0 Å². The molecule has 0 unspecified atom stereocenters. The maximum absolute atomic E-state index is 13.8. The highest BCUT2D eigenvalue weighted by Gasteiger charge is 2.35. The SMILES string of the molecule is Bc1c(F)c(B)c(OC2(B)CNC2)c(B)c1F. The highest BCUT2D eigenvalue weighted by atomic mass is 19.1. The standard InChI is InChI=1S/C9H13B4F2NO/c10-3-6(14)4(11)8(5(12)7(3)15)17-9(13)1-16-2-9/h16H,1-2,10-13H2. The Bertz CT molecular complexity index is 450. The lowest BCUT2D eigenvalue weighted by Crippen LogP contribution is -2.64. The molecule has 17 heavy (non-hydrogen) atoms. The molecular formula is C9H13B4F2NO. The van der Waals surface area contributed by atoms with Gasteiger partial charge in [-0.15, -0.1) is 0 Å². The Balaban J connectivity index is 2.46. The zero-order valence-electron chi connectivity index (χ0n) is 10.6. The van der Waals surface area contributed by atoms with Gasteiger partial charge in [0.25, 0.3) is 0 Å². The third kappa shape index (κ3) is 1.99. The molecule has 86 valence electrons. The van der Waals surface area contributed by atoms with Crippen molar-refractivity contribution in [3.8, 4) is 5.75 Å². The Hall–Kier alpha value is -0.900. The fourth-order valence-corrected chi connectivity index (χ4v) is 2.09. The van der Waals surface area contributed by atoms with Gasteiger partial charge in [-0.1, -0.05) is 0 Å². The molecule has 1 saturated heterocycles. The van der Waals surface area contributed by atoms with Gasteiger partial charge in [0.1, 0.15) is 40.9 Å². The maximum atomic E-state index is 13.8. The van der Waals surface area contributed by atoms with Crippen LogP contribution in [0.15, 0.2) is 0 Å². The van der Waals surface area contributed by atoms with E-state index in [0.717, 1.165) is 0 Å². The summed E-state index contributed by atoms with van der Waals surface area (Å²) in [6.45, 7) is 1.39. The summed E-state index contributed by atoms with van der Waals surface area (Å²) in [5.41, 5.74) is 0.470. The van der Waals surface area contributed by atoms with Gasteiger partial charge in [-0.3, -0.25) is 0 Å². The van der Waals surface area contributed by atoms with Crippen LogP contribution in [0.1, 0.15) is 0 Å². The number of ether oxygens (including phenoxy) is 1. The largest absolute Gasteiger partial charge is 0.495 e.